The smallest absolute Gasteiger partial charge is 0.335 e. The second kappa shape index (κ2) is 8.31. The van der Waals surface area contributed by atoms with Crippen molar-refractivity contribution in [3.63, 3.8) is 0 Å². The van der Waals surface area contributed by atoms with Crippen molar-refractivity contribution >= 4 is 28.0 Å². The minimum atomic E-state index is -4.18. The highest BCUT2D eigenvalue weighted by molar-refractivity contribution is 7.89. The van der Waals surface area contributed by atoms with Crippen LogP contribution < -0.4 is 19.5 Å². The molecule has 0 fully saturated rings. The number of amides is 2. The third kappa shape index (κ3) is 5.54. The highest BCUT2D eigenvalue weighted by atomic mass is 32.2. The normalized spacial score (nSPS) is 10.7. The van der Waals surface area contributed by atoms with Crippen LogP contribution in [-0.4, -0.2) is 49.7 Å². The zero-order chi connectivity index (χ0) is 20.0. The maximum atomic E-state index is 12.2. The molecule has 1 aromatic heterocycles. The summed E-state index contributed by atoms with van der Waals surface area (Å²) in [4.78, 5) is 30.8. The van der Waals surface area contributed by atoms with Gasteiger partial charge in [-0.25, -0.2) is 22.7 Å². The van der Waals surface area contributed by atoms with Gasteiger partial charge in [0.05, 0.1) is 31.6 Å². The molecule has 1 heterocycles. The van der Waals surface area contributed by atoms with Crippen LogP contribution in [0.15, 0.2) is 30.3 Å². The maximum absolute atomic E-state index is 12.2. The van der Waals surface area contributed by atoms with Crippen LogP contribution in [0.25, 0.3) is 0 Å². The van der Waals surface area contributed by atoms with Crippen molar-refractivity contribution in [2.24, 2.45) is 0 Å². The summed E-state index contributed by atoms with van der Waals surface area (Å²) in [5.41, 5.74) is -0.145. The van der Waals surface area contributed by atoms with E-state index in [1.807, 2.05) is 0 Å². The van der Waals surface area contributed by atoms with E-state index in [2.05, 4.69) is 15.3 Å². The molecular weight excluding hydrogens is 380 g/mol. The zero-order valence-electron chi connectivity index (χ0n) is 14.3. The molecule has 0 spiro atoms. The summed E-state index contributed by atoms with van der Waals surface area (Å²) < 4.78 is 35.9. The standard InChI is InChI=1S/C15H16N4O7S/c1-25-11-7-12(26-2)17-14(16-11)18-15(22)19-27(23,24)8-9-5-3-4-6-10(9)13(20)21/h3-7H,8H2,1-2H3,(H,20,21)(H2,16,17,18,19,22). The number of ether oxygens (including phenoxy) is 2. The number of benzene rings is 1. The summed E-state index contributed by atoms with van der Waals surface area (Å²) in [5.74, 6) is -2.04. The summed E-state index contributed by atoms with van der Waals surface area (Å²) in [5, 5.41) is 11.2. The first kappa shape index (κ1) is 19.9. The van der Waals surface area contributed by atoms with Crippen molar-refractivity contribution in [2.75, 3.05) is 19.5 Å². The summed E-state index contributed by atoms with van der Waals surface area (Å²) >= 11 is 0. The fourth-order valence-corrected chi connectivity index (χ4v) is 3.10. The van der Waals surface area contributed by atoms with Crippen LogP contribution in [0.3, 0.4) is 0 Å². The molecule has 0 aliphatic carbocycles. The van der Waals surface area contributed by atoms with Crippen LogP contribution in [0.5, 0.6) is 11.8 Å². The van der Waals surface area contributed by atoms with Crippen LogP contribution >= 0.6 is 0 Å². The average molecular weight is 396 g/mol. The van der Waals surface area contributed by atoms with Crippen LogP contribution in [0.1, 0.15) is 15.9 Å². The Morgan fingerprint density at radius 3 is 2.26 bits per heavy atom. The Morgan fingerprint density at radius 1 is 1.11 bits per heavy atom. The third-order valence-electron chi connectivity index (χ3n) is 3.16. The maximum Gasteiger partial charge on any atom is 0.335 e. The first-order valence-corrected chi connectivity index (χ1v) is 8.99. The fraction of sp³-hybridized carbons (Fsp3) is 0.200. The zero-order valence-corrected chi connectivity index (χ0v) is 15.1. The Kier molecular flexibility index (Phi) is 6.13. The number of aromatic carboxylic acids is 1. The Hall–Kier alpha value is -3.41. The predicted molar refractivity (Wildman–Crippen MR) is 93.3 cm³/mol. The number of urea groups is 1. The van der Waals surface area contributed by atoms with Gasteiger partial charge in [-0.2, -0.15) is 9.97 Å². The van der Waals surface area contributed by atoms with Gasteiger partial charge in [0, 0.05) is 0 Å². The van der Waals surface area contributed by atoms with Crippen LogP contribution in [0.2, 0.25) is 0 Å². The van der Waals surface area contributed by atoms with Crippen molar-refractivity contribution in [3.05, 3.63) is 41.5 Å². The quantitative estimate of drug-likeness (QED) is 0.617. The number of carbonyl (C=O) groups is 2. The number of hydrogen-bond donors (Lipinski definition) is 3. The molecule has 3 N–H and O–H groups in total. The van der Waals surface area contributed by atoms with E-state index in [1.54, 1.807) is 4.72 Å². The van der Waals surface area contributed by atoms with Crippen LogP contribution in [-0.2, 0) is 15.8 Å². The third-order valence-corrected chi connectivity index (χ3v) is 4.35. The van der Waals surface area contributed by atoms with E-state index in [0.29, 0.717) is 0 Å². The van der Waals surface area contributed by atoms with Gasteiger partial charge in [-0.15, -0.1) is 0 Å². The van der Waals surface area contributed by atoms with Crippen LogP contribution in [0, 0.1) is 0 Å². The molecule has 0 atom stereocenters. The Bertz CT molecular complexity index is 940. The van der Waals surface area contributed by atoms with E-state index in [9.17, 15) is 18.0 Å². The Balaban J connectivity index is 2.12. The molecule has 0 saturated heterocycles. The second-order valence-electron chi connectivity index (χ2n) is 5.05. The van der Waals surface area contributed by atoms with Gasteiger partial charge in [0.2, 0.25) is 27.7 Å². The number of carboxylic acids is 1. The monoisotopic (exact) mass is 396 g/mol. The molecule has 0 aliphatic heterocycles. The minimum absolute atomic E-state index is 0.0320. The van der Waals surface area contributed by atoms with Crippen molar-refractivity contribution in [1.29, 1.82) is 0 Å². The Morgan fingerprint density at radius 2 is 1.70 bits per heavy atom. The molecule has 1 aromatic carbocycles. The molecule has 0 saturated carbocycles. The Labute approximate surface area is 154 Å². The minimum Gasteiger partial charge on any atom is -0.481 e. The van der Waals surface area contributed by atoms with Crippen molar-refractivity contribution in [2.45, 2.75) is 5.75 Å². The molecular formula is C15H16N4O7S. The lowest BCUT2D eigenvalue weighted by atomic mass is 10.1. The molecule has 144 valence electrons. The number of nitrogens with zero attached hydrogens (tertiary/aromatic N) is 2. The molecule has 2 rings (SSSR count). The summed E-state index contributed by atoms with van der Waals surface area (Å²) in [7, 11) is -1.50. The lowest BCUT2D eigenvalue weighted by Crippen LogP contribution is -2.36. The fourth-order valence-electron chi connectivity index (χ4n) is 2.03. The van der Waals surface area contributed by atoms with Gasteiger partial charge < -0.3 is 14.6 Å². The second-order valence-corrected chi connectivity index (χ2v) is 6.78. The number of rotatable bonds is 7. The lowest BCUT2D eigenvalue weighted by molar-refractivity contribution is 0.0696. The largest absolute Gasteiger partial charge is 0.481 e. The molecule has 11 nitrogen and oxygen atoms in total. The van der Waals surface area contributed by atoms with E-state index in [4.69, 9.17) is 14.6 Å². The topological polar surface area (TPSA) is 157 Å². The number of methoxy groups -OCH3 is 2. The van der Waals surface area contributed by atoms with Gasteiger partial charge in [0.15, 0.2) is 0 Å². The van der Waals surface area contributed by atoms with E-state index < -0.39 is 27.8 Å². The molecule has 0 bridgehead atoms. The molecule has 12 heteroatoms. The lowest BCUT2D eigenvalue weighted by Gasteiger charge is -2.10. The highest BCUT2D eigenvalue weighted by Crippen LogP contribution is 2.17. The van der Waals surface area contributed by atoms with Gasteiger partial charge in [-0.05, 0) is 11.6 Å². The molecule has 2 amide bonds. The molecule has 0 unspecified atom stereocenters. The molecule has 0 radical (unpaired) electrons. The van der Waals surface area contributed by atoms with E-state index in [1.165, 1.54) is 44.6 Å². The number of carboxylic acid groups (broad SMARTS) is 1. The van der Waals surface area contributed by atoms with Gasteiger partial charge in [0.1, 0.15) is 0 Å². The van der Waals surface area contributed by atoms with Gasteiger partial charge in [0.25, 0.3) is 0 Å². The number of anilines is 1. The number of nitrogens with one attached hydrogen (secondary N) is 2. The number of carbonyl (C=O) groups excluding carboxylic acids is 1. The summed E-state index contributed by atoms with van der Waals surface area (Å²) in [6, 6.07) is 5.81. The summed E-state index contributed by atoms with van der Waals surface area (Å²) in [6.07, 6.45) is 0. The van der Waals surface area contributed by atoms with Crippen molar-refractivity contribution < 1.29 is 32.6 Å². The SMILES string of the molecule is COc1cc(OC)nc(NC(=O)NS(=O)(=O)Cc2ccccc2C(=O)O)n1. The first-order valence-electron chi connectivity index (χ1n) is 7.34. The number of sulfonamides is 1. The highest BCUT2D eigenvalue weighted by Gasteiger charge is 2.20. The number of hydrogen-bond acceptors (Lipinski definition) is 8. The number of aromatic nitrogens is 2. The van der Waals surface area contributed by atoms with E-state index >= 15 is 0 Å². The van der Waals surface area contributed by atoms with E-state index in [0.717, 1.165) is 0 Å². The predicted octanol–water partition coefficient (Wildman–Crippen LogP) is 0.843. The first-order chi connectivity index (χ1) is 12.7. The van der Waals surface area contributed by atoms with Gasteiger partial charge >= 0.3 is 12.0 Å². The molecule has 0 aliphatic rings. The van der Waals surface area contributed by atoms with Gasteiger partial charge in [-0.3, -0.25) is 5.32 Å². The summed E-state index contributed by atoms with van der Waals surface area (Å²) in [6.45, 7) is 0. The van der Waals surface area contributed by atoms with Gasteiger partial charge in [-0.1, -0.05) is 18.2 Å². The van der Waals surface area contributed by atoms with Crippen LogP contribution in [0.4, 0.5) is 10.7 Å². The average Bonchev–Trinajstić information content (AvgIpc) is 2.60. The molecule has 27 heavy (non-hydrogen) atoms. The van der Waals surface area contributed by atoms with Crippen molar-refractivity contribution in [1.82, 2.24) is 14.7 Å². The van der Waals surface area contributed by atoms with Crippen molar-refractivity contribution in [3.8, 4) is 11.8 Å². The van der Waals surface area contributed by atoms with E-state index in [-0.39, 0.29) is 28.8 Å². The molecule has 2 aromatic rings.